The fraction of sp³-hybridized carbons (Fsp3) is 0.186. The normalized spacial score (nSPS) is 11.7. The van der Waals surface area contributed by atoms with Gasteiger partial charge in [-0.2, -0.15) is 20.4 Å². The molecule has 0 bridgehead atoms. The van der Waals surface area contributed by atoms with E-state index in [9.17, 15) is 34.2 Å². The molecule has 8 N–H and O–H groups in total. The van der Waals surface area contributed by atoms with Crippen LogP contribution in [0.3, 0.4) is 0 Å². The Morgan fingerprint density at radius 1 is 0.594 bits per heavy atom. The highest BCUT2D eigenvalue weighted by Crippen LogP contribution is 2.40. The monoisotopic (exact) mass is 870 g/mol. The van der Waals surface area contributed by atoms with Crippen LogP contribution in [0.25, 0.3) is 11.4 Å². The second kappa shape index (κ2) is 18.1. The number of aromatic carboxylic acids is 2. The molecule has 0 spiro atoms. The van der Waals surface area contributed by atoms with Gasteiger partial charge < -0.3 is 41.8 Å². The molecular formula is C43H42N12O9. The number of rotatable bonds is 14. The summed E-state index contributed by atoms with van der Waals surface area (Å²) in [4.78, 5) is 58.4. The number of nitrogens with zero attached hydrogens (tertiary/aromatic N) is 8. The van der Waals surface area contributed by atoms with Crippen LogP contribution in [0.15, 0.2) is 105 Å². The highest BCUT2D eigenvalue weighted by Gasteiger charge is 2.29. The molecule has 0 unspecified atom stereocenters. The van der Waals surface area contributed by atoms with E-state index in [2.05, 4.69) is 41.3 Å². The lowest BCUT2D eigenvalue weighted by Crippen LogP contribution is -2.19. The molecule has 0 radical (unpaired) electrons. The third-order valence-electron chi connectivity index (χ3n) is 9.13. The van der Waals surface area contributed by atoms with Gasteiger partial charge in [0, 0.05) is 34.3 Å². The molecular weight excluding hydrogens is 829 g/mol. The fourth-order valence-electron chi connectivity index (χ4n) is 6.08. The lowest BCUT2D eigenvalue weighted by molar-refractivity contribution is -0.121. The van der Waals surface area contributed by atoms with Crippen molar-refractivity contribution in [2.45, 2.75) is 52.4 Å². The van der Waals surface area contributed by atoms with Crippen LogP contribution < -0.4 is 31.6 Å². The van der Waals surface area contributed by atoms with Gasteiger partial charge in [0.05, 0.1) is 45.3 Å². The topological polar surface area (TPSA) is 305 Å². The third-order valence-corrected chi connectivity index (χ3v) is 9.13. The summed E-state index contributed by atoms with van der Waals surface area (Å²) in [5.41, 5.74) is 15.2. The molecule has 0 aliphatic rings. The van der Waals surface area contributed by atoms with Crippen molar-refractivity contribution in [3.63, 3.8) is 0 Å². The van der Waals surface area contributed by atoms with Gasteiger partial charge in [0.2, 0.25) is 0 Å². The van der Waals surface area contributed by atoms with Crippen LogP contribution >= 0.6 is 0 Å². The molecule has 2 heterocycles. The van der Waals surface area contributed by atoms with Gasteiger partial charge in [-0.05, 0) is 72.8 Å². The van der Waals surface area contributed by atoms with Gasteiger partial charge in [0.1, 0.15) is 11.5 Å². The number of carbonyl (C=O) groups is 5. The van der Waals surface area contributed by atoms with Gasteiger partial charge in [-0.15, -0.1) is 10.2 Å². The minimum absolute atomic E-state index is 0.0150. The number of nitrogens with two attached hydrogens (primary N) is 2. The Morgan fingerprint density at radius 3 is 1.27 bits per heavy atom. The molecule has 0 saturated carbocycles. The number of nitrogens with one attached hydrogen (secondary N) is 2. The van der Waals surface area contributed by atoms with E-state index >= 15 is 0 Å². The molecule has 328 valence electrons. The van der Waals surface area contributed by atoms with Crippen LogP contribution in [-0.4, -0.2) is 60.7 Å². The van der Waals surface area contributed by atoms with Crippen molar-refractivity contribution in [3.05, 3.63) is 107 Å². The standard InChI is InChI=1S/C43H42N12O9/c1-42(2,3)35-33(37(44)54(52-35)29-15-23(39(58)59)17-31(19-29)63-21-56)50-48-27-11-7-25(8-12-27)46-41(62)47-26-9-13-28(14-10-26)49-51-34-36(43(4,5)6)53-55(38(34)45)30-16-24(40(60)61)18-32(20-30)64-22-57/h7-22H,44-45H2,1-6H3,(H,58,59)(H,60,61)(H2,46,47,62). The zero-order valence-electron chi connectivity index (χ0n) is 35.2. The van der Waals surface area contributed by atoms with E-state index in [1.54, 1.807) is 48.5 Å². The first kappa shape index (κ1) is 44.8. The first-order valence-corrected chi connectivity index (χ1v) is 19.1. The molecule has 0 fully saturated rings. The fourth-order valence-corrected chi connectivity index (χ4v) is 6.08. The van der Waals surface area contributed by atoms with Crippen molar-refractivity contribution in [2.75, 3.05) is 22.1 Å². The van der Waals surface area contributed by atoms with E-state index < -0.39 is 28.8 Å². The van der Waals surface area contributed by atoms with Crippen LogP contribution in [0.2, 0.25) is 0 Å². The number of carbonyl (C=O) groups excluding carboxylic acids is 3. The Labute approximate surface area is 364 Å². The molecule has 64 heavy (non-hydrogen) atoms. The summed E-state index contributed by atoms with van der Waals surface area (Å²) >= 11 is 0. The number of benzene rings is 4. The highest BCUT2D eigenvalue weighted by molar-refractivity contribution is 6.00. The van der Waals surface area contributed by atoms with Crippen LogP contribution in [0.5, 0.6) is 11.5 Å². The van der Waals surface area contributed by atoms with Crippen molar-refractivity contribution in [3.8, 4) is 22.9 Å². The Morgan fingerprint density at radius 2 is 0.953 bits per heavy atom. The second-order valence-corrected chi connectivity index (χ2v) is 16.0. The van der Waals surface area contributed by atoms with E-state index in [0.717, 1.165) is 0 Å². The van der Waals surface area contributed by atoms with Crippen LogP contribution in [0, 0.1) is 0 Å². The molecule has 0 saturated heterocycles. The summed E-state index contributed by atoms with van der Waals surface area (Å²) in [6.45, 7) is 11.8. The van der Waals surface area contributed by atoms with Gasteiger partial charge in [0.25, 0.3) is 12.9 Å². The zero-order valence-corrected chi connectivity index (χ0v) is 35.2. The molecule has 6 rings (SSSR count). The number of azo groups is 2. The molecule has 6 aromatic rings. The Balaban J connectivity index is 1.14. The van der Waals surface area contributed by atoms with E-state index in [1.165, 1.54) is 45.8 Å². The summed E-state index contributed by atoms with van der Waals surface area (Å²) < 4.78 is 12.4. The predicted molar refractivity (Wildman–Crippen MR) is 235 cm³/mol. The number of urea groups is 1. The smallest absolute Gasteiger partial charge is 0.335 e. The van der Waals surface area contributed by atoms with Crippen molar-refractivity contribution in [2.24, 2.45) is 20.5 Å². The van der Waals surface area contributed by atoms with E-state index in [-0.39, 0.29) is 70.0 Å². The van der Waals surface area contributed by atoms with Crippen molar-refractivity contribution in [1.29, 1.82) is 0 Å². The summed E-state index contributed by atoms with van der Waals surface area (Å²) in [6.07, 6.45) is 0. The minimum Gasteiger partial charge on any atom is -0.478 e. The quantitative estimate of drug-likeness (QED) is 0.0441. The predicted octanol–water partition coefficient (Wildman–Crippen LogP) is 8.76. The number of hydrogen-bond donors (Lipinski definition) is 6. The van der Waals surface area contributed by atoms with Gasteiger partial charge in [-0.3, -0.25) is 9.59 Å². The average molecular weight is 871 g/mol. The Bertz CT molecular complexity index is 2640. The largest absolute Gasteiger partial charge is 0.478 e. The van der Waals surface area contributed by atoms with Crippen LogP contribution in [0.4, 0.5) is 50.6 Å². The van der Waals surface area contributed by atoms with Gasteiger partial charge in [-0.25, -0.2) is 23.7 Å². The molecule has 0 aliphatic carbocycles. The molecule has 0 aliphatic heterocycles. The summed E-state index contributed by atoms with van der Waals surface area (Å²) in [5.74, 6) is -2.39. The van der Waals surface area contributed by atoms with Crippen molar-refractivity contribution in [1.82, 2.24) is 19.6 Å². The Hall–Kier alpha value is -8.75. The maximum Gasteiger partial charge on any atom is 0.335 e. The summed E-state index contributed by atoms with van der Waals surface area (Å²) in [6, 6.07) is 20.4. The van der Waals surface area contributed by atoms with Gasteiger partial charge in [0.15, 0.2) is 23.0 Å². The number of amides is 2. The lowest BCUT2D eigenvalue weighted by Gasteiger charge is -2.15. The van der Waals surface area contributed by atoms with Crippen molar-refractivity contribution < 1.29 is 43.7 Å². The van der Waals surface area contributed by atoms with Gasteiger partial charge in [-0.1, -0.05) is 41.5 Å². The van der Waals surface area contributed by atoms with Crippen LogP contribution in [0.1, 0.15) is 73.6 Å². The number of carboxylic acid groups (broad SMARTS) is 2. The first-order chi connectivity index (χ1) is 30.2. The zero-order chi connectivity index (χ0) is 46.5. The van der Waals surface area contributed by atoms with E-state index in [4.69, 9.17) is 20.9 Å². The minimum atomic E-state index is -1.25. The molecule has 21 heteroatoms. The molecule has 0 atom stereocenters. The highest BCUT2D eigenvalue weighted by atomic mass is 16.5. The van der Waals surface area contributed by atoms with Gasteiger partial charge >= 0.3 is 18.0 Å². The molecule has 21 nitrogen and oxygen atoms in total. The maximum absolute atomic E-state index is 12.9. The number of aromatic nitrogens is 4. The van der Waals surface area contributed by atoms with Crippen LogP contribution in [-0.2, 0) is 20.4 Å². The Kier molecular flexibility index (Phi) is 12.7. The number of hydrogen-bond acceptors (Lipinski definition) is 15. The van der Waals surface area contributed by atoms with E-state index in [1.807, 2.05) is 41.5 Å². The lowest BCUT2D eigenvalue weighted by atomic mass is 9.91. The first-order valence-electron chi connectivity index (χ1n) is 19.1. The number of nitrogen functional groups attached to an aromatic ring is 2. The maximum atomic E-state index is 12.9. The SMILES string of the molecule is CC(C)(C)c1nn(-c2cc(OC=O)cc(C(=O)O)c2)c(N)c1N=Nc1ccc(NC(=O)Nc2ccc(N=Nc3c(C(C)(C)C)nn(-c4cc(OC=O)cc(C(=O)O)c4)c3N)cc2)cc1. The number of ether oxygens (including phenoxy) is 2. The molecule has 2 aromatic heterocycles. The van der Waals surface area contributed by atoms with E-state index in [0.29, 0.717) is 34.1 Å². The molecule has 2 amide bonds. The number of carboxylic acids is 2. The summed E-state index contributed by atoms with van der Waals surface area (Å²) in [5, 5.41) is 51.4. The third kappa shape index (κ3) is 10.2. The number of anilines is 4. The summed E-state index contributed by atoms with van der Waals surface area (Å²) in [7, 11) is 0. The second-order valence-electron chi connectivity index (χ2n) is 16.0. The van der Waals surface area contributed by atoms with Crippen molar-refractivity contribution >= 4 is 76.7 Å². The molecule has 4 aromatic carbocycles. The average Bonchev–Trinajstić information content (AvgIpc) is 3.76.